The number of aliphatic hydroxyl groups is 1. The Morgan fingerprint density at radius 1 is 1.16 bits per heavy atom. The first-order valence-electron chi connectivity index (χ1n) is 8.01. The first-order chi connectivity index (χ1) is 12.2. The van der Waals surface area contributed by atoms with E-state index in [1.807, 2.05) is 32.0 Å². The van der Waals surface area contributed by atoms with Crippen LogP contribution in [0.2, 0.25) is 0 Å². The Morgan fingerprint density at radius 3 is 2.44 bits per heavy atom. The quantitative estimate of drug-likeness (QED) is 0.758. The fourth-order valence-corrected chi connectivity index (χ4v) is 2.36. The van der Waals surface area contributed by atoms with Crippen molar-refractivity contribution in [3.05, 3.63) is 82.0 Å². The molecule has 3 aromatic rings. The minimum Gasteiger partial charge on any atom is -0.400 e. The van der Waals surface area contributed by atoms with Gasteiger partial charge in [-0.05, 0) is 23.8 Å². The summed E-state index contributed by atoms with van der Waals surface area (Å²) in [5, 5.41) is 15.0. The lowest BCUT2D eigenvalue weighted by atomic mass is 10.0. The monoisotopic (exact) mass is 342 g/mol. The number of aliphatic hydroxyl groups excluding tert-OH is 1. The maximum absolute atomic E-state index is 13.5. The van der Waals surface area contributed by atoms with Crippen LogP contribution in [-0.2, 0) is 6.42 Å². The number of fused-ring (bicyclic) bond motifs is 1. The number of nitrogens with one attached hydrogen (secondary N) is 1. The van der Waals surface area contributed by atoms with Gasteiger partial charge in [0.05, 0.1) is 11.1 Å². The number of nitrogens with zero attached hydrogens (tertiary/aromatic N) is 1. The van der Waals surface area contributed by atoms with Gasteiger partial charge in [-0.15, -0.1) is 0 Å². The molecule has 0 aliphatic carbocycles. The Labute approximate surface area is 146 Å². The fraction of sp³-hybridized carbons (Fsp3) is 0.200. The van der Waals surface area contributed by atoms with Crippen molar-refractivity contribution in [1.29, 1.82) is 0 Å². The first kappa shape index (κ1) is 20.3. The minimum absolute atomic E-state index is 0.208. The average Bonchev–Trinajstić information content (AvgIpc) is 2.69. The molecule has 2 N–H and O–H groups in total. The van der Waals surface area contributed by atoms with Gasteiger partial charge in [0.1, 0.15) is 5.82 Å². The maximum atomic E-state index is 13.5. The predicted molar refractivity (Wildman–Crippen MR) is 101 cm³/mol. The molecule has 0 unspecified atom stereocenters. The number of hydrogen-bond donors (Lipinski definition) is 2. The van der Waals surface area contributed by atoms with Crippen molar-refractivity contribution in [2.45, 2.75) is 20.3 Å². The molecule has 2 aromatic carbocycles. The maximum Gasteiger partial charge on any atom is 0.272 e. The van der Waals surface area contributed by atoms with Crippen LogP contribution in [-0.4, -0.2) is 22.4 Å². The molecule has 0 amide bonds. The van der Waals surface area contributed by atoms with Gasteiger partial charge in [-0.1, -0.05) is 50.8 Å². The van der Waals surface area contributed by atoms with E-state index < -0.39 is 0 Å². The van der Waals surface area contributed by atoms with Crippen molar-refractivity contribution in [2.75, 3.05) is 7.11 Å². The molecule has 0 aliphatic rings. The van der Waals surface area contributed by atoms with Crippen LogP contribution >= 0.6 is 0 Å². The Bertz CT molecular complexity index is 888. The number of H-pyrrole nitrogens is 1. The summed E-state index contributed by atoms with van der Waals surface area (Å²) in [6, 6.07) is 12.2. The lowest BCUT2D eigenvalue weighted by Gasteiger charge is -2.06. The summed E-state index contributed by atoms with van der Waals surface area (Å²) in [6.45, 7) is 7.60. The number of benzene rings is 2. The van der Waals surface area contributed by atoms with Crippen molar-refractivity contribution in [1.82, 2.24) is 10.2 Å². The van der Waals surface area contributed by atoms with E-state index in [1.165, 1.54) is 12.1 Å². The molecular weight excluding hydrogens is 319 g/mol. The van der Waals surface area contributed by atoms with Crippen LogP contribution in [0.25, 0.3) is 16.8 Å². The zero-order chi connectivity index (χ0) is 18.8. The van der Waals surface area contributed by atoms with E-state index in [1.54, 1.807) is 18.2 Å². The van der Waals surface area contributed by atoms with Gasteiger partial charge in [-0.3, -0.25) is 4.79 Å². The van der Waals surface area contributed by atoms with Crippen LogP contribution in [0, 0.1) is 5.82 Å². The zero-order valence-corrected chi connectivity index (χ0v) is 14.7. The fourth-order valence-electron chi connectivity index (χ4n) is 2.36. The molecular formula is C20H23FN2O2. The van der Waals surface area contributed by atoms with Crippen LogP contribution in [0.5, 0.6) is 0 Å². The van der Waals surface area contributed by atoms with Crippen LogP contribution < -0.4 is 5.56 Å². The Kier molecular flexibility index (Phi) is 8.23. The topological polar surface area (TPSA) is 66.0 Å². The highest BCUT2D eigenvalue weighted by atomic mass is 19.1. The normalized spacial score (nSPS) is 9.48. The van der Waals surface area contributed by atoms with E-state index >= 15 is 0 Å². The number of aromatic amines is 1. The minimum atomic E-state index is -0.298. The second kappa shape index (κ2) is 10.2. The molecule has 132 valence electrons. The van der Waals surface area contributed by atoms with Gasteiger partial charge in [0, 0.05) is 24.5 Å². The third-order valence-electron chi connectivity index (χ3n) is 3.43. The summed E-state index contributed by atoms with van der Waals surface area (Å²) in [4.78, 5) is 11.7. The summed E-state index contributed by atoms with van der Waals surface area (Å²) in [7, 11) is 1.00. The molecule has 5 heteroatoms. The van der Waals surface area contributed by atoms with Crippen molar-refractivity contribution >= 4 is 16.8 Å². The molecule has 0 aliphatic heterocycles. The highest BCUT2D eigenvalue weighted by Gasteiger charge is 2.08. The molecule has 1 heterocycles. The lowest BCUT2D eigenvalue weighted by molar-refractivity contribution is 0.399. The highest BCUT2D eigenvalue weighted by Crippen LogP contribution is 2.18. The zero-order valence-electron chi connectivity index (χ0n) is 14.7. The standard InChI is InChI=1S/C17H13FN2O.C2H6.CH4O/c1-2-12-9-11(7-8-15(12)18)10-16-13-5-3-4-6-14(13)17(21)20-19-16;2*1-2/h2-9H,1,10H2,(H,20,21);1-2H3;2H,1H3. The third kappa shape index (κ3) is 4.84. The third-order valence-corrected chi connectivity index (χ3v) is 3.43. The Balaban J connectivity index is 0.000000730. The molecule has 0 bridgehead atoms. The first-order valence-corrected chi connectivity index (χ1v) is 8.01. The summed E-state index contributed by atoms with van der Waals surface area (Å²) in [5.74, 6) is -0.298. The van der Waals surface area contributed by atoms with Crippen LogP contribution in [0.15, 0.2) is 53.8 Å². The summed E-state index contributed by atoms with van der Waals surface area (Å²) >= 11 is 0. The summed E-state index contributed by atoms with van der Waals surface area (Å²) < 4.78 is 13.5. The molecule has 0 atom stereocenters. The van der Waals surface area contributed by atoms with E-state index in [9.17, 15) is 9.18 Å². The van der Waals surface area contributed by atoms with Crippen LogP contribution in [0.3, 0.4) is 0 Å². The molecule has 0 saturated heterocycles. The molecule has 3 rings (SSSR count). The summed E-state index contributed by atoms with van der Waals surface area (Å²) in [5.41, 5.74) is 1.92. The second-order valence-corrected chi connectivity index (χ2v) is 4.78. The highest BCUT2D eigenvalue weighted by molar-refractivity contribution is 5.83. The van der Waals surface area contributed by atoms with Crippen LogP contribution in [0.1, 0.15) is 30.7 Å². The Hall–Kier alpha value is -2.79. The molecule has 0 saturated carbocycles. The van der Waals surface area contributed by atoms with Crippen molar-refractivity contribution < 1.29 is 9.50 Å². The molecule has 25 heavy (non-hydrogen) atoms. The second-order valence-electron chi connectivity index (χ2n) is 4.78. The van der Waals surface area contributed by atoms with E-state index in [-0.39, 0.29) is 11.4 Å². The smallest absolute Gasteiger partial charge is 0.272 e. The van der Waals surface area contributed by atoms with E-state index in [0.29, 0.717) is 17.4 Å². The average molecular weight is 342 g/mol. The molecule has 0 fully saturated rings. The van der Waals surface area contributed by atoms with E-state index in [2.05, 4.69) is 16.8 Å². The number of halogens is 1. The summed E-state index contributed by atoms with van der Waals surface area (Å²) in [6.07, 6.45) is 2.00. The van der Waals surface area contributed by atoms with E-state index in [0.717, 1.165) is 23.8 Å². The van der Waals surface area contributed by atoms with Gasteiger partial charge < -0.3 is 5.11 Å². The van der Waals surface area contributed by atoms with Gasteiger partial charge in [0.2, 0.25) is 0 Å². The predicted octanol–water partition coefficient (Wildman–Crippen LogP) is 3.93. The van der Waals surface area contributed by atoms with Crippen molar-refractivity contribution in [3.8, 4) is 0 Å². The van der Waals surface area contributed by atoms with Gasteiger partial charge >= 0.3 is 0 Å². The van der Waals surface area contributed by atoms with Gasteiger partial charge in [-0.2, -0.15) is 5.10 Å². The largest absolute Gasteiger partial charge is 0.400 e. The molecule has 0 spiro atoms. The molecule has 1 aromatic heterocycles. The Morgan fingerprint density at radius 2 is 1.80 bits per heavy atom. The van der Waals surface area contributed by atoms with Gasteiger partial charge in [0.15, 0.2) is 0 Å². The van der Waals surface area contributed by atoms with Crippen LogP contribution in [0.4, 0.5) is 4.39 Å². The number of hydrogen-bond acceptors (Lipinski definition) is 3. The number of aromatic nitrogens is 2. The molecule has 4 nitrogen and oxygen atoms in total. The van der Waals surface area contributed by atoms with Crippen molar-refractivity contribution in [3.63, 3.8) is 0 Å². The lowest BCUT2D eigenvalue weighted by Crippen LogP contribution is -2.11. The SMILES string of the molecule is C=Cc1cc(Cc2n[nH]c(=O)c3ccccc23)ccc1F.CC.CO. The molecule has 0 radical (unpaired) electrons. The van der Waals surface area contributed by atoms with Gasteiger partial charge in [0.25, 0.3) is 5.56 Å². The van der Waals surface area contributed by atoms with E-state index in [4.69, 9.17) is 5.11 Å². The number of rotatable bonds is 3. The van der Waals surface area contributed by atoms with Crippen molar-refractivity contribution in [2.24, 2.45) is 0 Å². The van der Waals surface area contributed by atoms with Gasteiger partial charge in [-0.25, -0.2) is 9.49 Å².